The largest absolute Gasteiger partial charge is 0.495 e. The highest BCUT2D eigenvalue weighted by molar-refractivity contribution is 5.83. The molecule has 1 aromatic carbocycles. The number of pyridine rings is 1. The van der Waals surface area contributed by atoms with Crippen LogP contribution >= 0.6 is 0 Å². The van der Waals surface area contributed by atoms with Gasteiger partial charge in [0.2, 0.25) is 0 Å². The van der Waals surface area contributed by atoms with Crippen LogP contribution < -0.4 is 4.74 Å². The third-order valence-corrected chi connectivity index (χ3v) is 2.42. The Morgan fingerprint density at radius 3 is 2.87 bits per heavy atom. The number of nitrogens with zero attached hydrogens (tertiary/aromatic N) is 1. The lowest BCUT2D eigenvalue weighted by Crippen LogP contribution is -1.94. The van der Waals surface area contributed by atoms with E-state index in [9.17, 15) is 5.11 Å². The zero-order valence-corrected chi connectivity index (χ0v) is 8.77. The molecule has 3 nitrogen and oxygen atoms in total. The van der Waals surface area contributed by atoms with Gasteiger partial charge >= 0.3 is 0 Å². The number of aliphatic hydroxyl groups excluding tert-OH is 1. The predicted octanol–water partition coefficient (Wildman–Crippen LogP) is 2.30. The van der Waals surface area contributed by atoms with Gasteiger partial charge in [-0.2, -0.15) is 0 Å². The first kappa shape index (κ1) is 9.93. The maximum absolute atomic E-state index is 9.62. The lowest BCUT2D eigenvalue weighted by atomic mass is 10.0. The zero-order valence-electron chi connectivity index (χ0n) is 8.77. The summed E-state index contributed by atoms with van der Waals surface area (Å²) in [6.45, 7) is 1.74. The van der Waals surface area contributed by atoms with Crippen LogP contribution in [0.3, 0.4) is 0 Å². The summed E-state index contributed by atoms with van der Waals surface area (Å²) in [7, 11) is 1.60. The number of hydrogen-bond acceptors (Lipinski definition) is 3. The summed E-state index contributed by atoms with van der Waals surface area (Å²) in [5, 5.41) is 10.6. The van der Waals surface area contributed by atoms with E-state index < -0.39 is 6.10 Å². The van der Waals surface area contributed by atoms with Crippen molar-refractivity contribution in [2.24, 2.45) is 0 Å². The van der Waals surface area contributed by atoms with Gasteiger partial charge in [-0.3, -0.25) is 4.98 Å². The fourth-order valence-corrected chi connectivity index (χ4v) is 1.63. The number of methoxy groups -OCH3 is 1. The van der Waals surface area contributed by atoms with Crippen molar-refractivity contribution in [1.29, 1.82) is 0 Å². The Balaban J connectivity index is 2.70. The van der Waals surface area contributed by atoms with Crippen LogP contribution in [0.4, 0.5) is 0 Å². The zero-order chi connectivity index (χ0) is 10.8. The molecule has 0 saturated carbocycles. The van der Waals surface area contributed by atoms with Crippen molar-refractivity contribution in [2.75, 3.05) is 7.11 Å². The first-order chi connectivity index (χ1) is 7.22. The van der Waals surface area contributed by atoms with Crippen molar-refractivity contribution in [3.63, 3.8) is 0 Å². The molecule has 0 aliphatic heterocycles. The van der Waals surface area contributed by atoms with Gasteiger partial charge in [0.05, 0.1) is 24.9 Å². The van der Waals surface area contributed by atoms with Crippen LogP contribution in [-0.2, 0) is 0 Å². The van der Waals surface area contributed by atoms with Crippen LogP contribution in [0, 0.1) is 0 Å². The van der Waals surface area contributed by atoms with Gasteiger partial charge in [0, 0.05) is 5.39 Å². The highest BCUT2D eigenvalue weighted by atomic mass is 16.5. The number of rotatable bonds is 2. The Bertz CT molecular complexity index is 480. The van der Waals surface area contributed by atoms with Gasteiger partial charge in [-0.05, 0) is 24.6 Å². The quantitative estimate of drug-likeness (QED) is 0.814. The molecule has 3 heteroatoms. The average molecular weight is 203 g/mol. The van der Waals surface area contributed by atoms with E-state index in [1.54, 1.807) is 20.2 Å². The Hall–Kier alpha value is -1.61. The van der Waals surface area contributed by atoms with E-state index in [-0.39, 0.29) is 0 Å². The minimum atomic E-state index is -0.498. The molecule has 2 rings (SSSR count). The normalized spacial score (nSPS) is 12.7. The van der Waals surface area contributed by atoms with Gasteiger partial charge < -0.3 is 9.84 Å². The number of benzene rings is 1. The molecule has 1 heterocycles. The van der Waals surface area contributed by atoms with E-state index in [1.807, 2.05) is 24.3 Å². The molecule has 1 atom stereocenters. The number of aliphatic hydroxyl groups is 1. The summed E-state index contributed by atoms with van der Waals surface area (Å²) in [5.74, 6) is 0.704. The summed E-state index contributed by atoms with van der Waals surface area (Å²) < 4.78 is 5.11. The molecular weight excluding hydrogens is 190 g/mol. The third-order valence-electron chi connectivity index (χ3n) is 2.42. The Labute approximate surface area is 88.3 Å². The van der Waals surface area contributed by atoms with Crippen molar-refractivity contribution < 1.29 is 9.84 Å². The van der Waals surface area contributed by atoms with Crippen molar-refractivity contribution in [1.82, 2.24) is 4.98 Å². The van der Waals surface area contributed by atoms with Gasteiger partial charge in [0.15, 0.2) is 0 Å². The van der Waals surface area contributed by atoms with Gasteiger partial charge in [0.1, 0.15) is 5.75 Å². The van der Waals surface area contributed by atoms with Crippen LogP contribution in [0.2, 0.25) is 0 Å². The second-order valence-electron chi connectivity index (χ2n) is 3.47. The second-order valence-corrected chi connectivity index (χ2v) is 3.47. The van der Waals surface area contributed by atoms with Crippen LogP contribution in [0.5, 0.6) is 5.75 Å². The summed E-state index contributed by atoms with van der Waals surface area (Å²) >= 11 is 0. The van der Waals surface area contributed by atoms with Crippen LogP contribution in [0.1, 0.15) is 18.6 Å². The Morgan fingerprint density at radius 2 is 2.20 bits per heavy atom. The fourth-order valence-electron chi connectivity index (χ4n) is 1.63. The van der Waals surface area contributed by atoms with Crippen LogP contribution in [0.15, 0.2) is 30.5 Å². The maximum atomic E-state index is 9.62. The van der Waals surface area contributed by atoms with E-state index in [0.29, 0.717) is 5.75 Å². The van der Waals surface area contributed by atoms with Crippen LogP contribution in [0.25, 0.3) is 10.9 Å². The van der Waals surface area contributed by atoms with Crippen LogP contribution in [-0.4, -0.2) is 17.2 Å². The third kappa shape index (κ3) is 1.78. The van der Waals surface area contributed by atoms with Gasteiger partial charge in [-0.25, -0.2) is 0 Å². The molecule has 0 aliphatic carbocycles. The lowest BCUT2D eigenvalue weighted by molar-refractivity contribution is 0.201. The topological polar surface area (TPSA) is 42.4 Å². The van der Waals surface area contributed by atoms with E-state index in [4.69, 9.17) is 4.74 Å². The van der Waals surface area contributed by atoms with Crippen molar-refractivity contribution >= 4 is 10.9 Å². The Kier molecular flexibility index (Phi) is 2.56. The van der Waals surface area contributed by atoms with E-state index in [0.717, 1.165) is 16.5 Å². The molecule has 0 fully saturated rings. The van der Waals surface area contributed by atoms with E-state index >= 15 is 0 Å². The van der Waals surface area contributed by atoms with Gasteiger partial charge in [-0.1, -0.05) is 12.1 Å². The molecule has 1 unspecified atom stereocenters. The van der Waals surface area contributed by atoms with E-state index in [1.165, 1.54) is 0 Å². The molecule has 1 N–H and O–H groups in total. The number of hydrogen-bond donors (Lipinski definition) is 1. The minimum absolute atomic E-state index is 0.498. The monoisotopic (exact) mass is 203 g/mol. The van der Waals surface area contributed by atoms with E-state index in [2.05, 4.69) is 4.98 Å². The molecule has 0 saturated heterocycles. The highest BCUT2D eigenvalue weighted by Gasteiger charge is 2.07. The summed E-state index contributed by atoms with van der Waals surface area (Å²) in [6.07, 6.45) is 1.18. The molecule has 0 radical (unpaired) electrons. The fraction of sp³-hybridized carbons (Fsp3) is 0.250. The van der Waals surface area contributed by atoms with Crippen molar-refractivity contribution in [2.45, 2.75) is 13.0 Å². The number of fused-ring (bicyclic) bond motifs is 1. The maximum Gasteiger partial charge on any atom is 0.137 e. The summed E-state index contributed by atoms with van der Waals surface area (Å²) in [6, 6.07) is 7.60. The molecule has 15 heavy (non-hydrogen) atoms. The predicted molar refractivity (Wildman–Crippen MR) is 58.9 cm³/mol. The lowest BCUT2D eigenvalue weighted by Gasteiger charge is -2.09. The molecule has 1 aromatic heterocycles. The van der Waals surface area contributed by atoms with Crippen molar-refractivity contribution in [3.05, 3.63) is 36.0 Å². The molecule has 0 aliphatic rings. The minimum Gasteiger partial charge on any atom is -0.495 e. The van der Waals surface area contributed by atoms with Gasteiger partial charge in [0.25, 0.3) is 0 Å². The molecule has 2 aromatic rings. The molecule has 0 bridgehead atoms. The van der Waals surface area contributed by atoms with Gasteiger partial charge in [-0.15, -0.1) is 0 Å². The standard InChI is InChI=1S/C12H13NO2/c1-8(14)10-4-3-5-12-11(10)6-9(15-2)7-13-12/h3-8,14H,1-2H3. The highest BCUT2D eigenvalue weighted by Crippen LogP contribution is 2.25. The summed E-state index contributed by atoms with van der Waals surface area (Å²) in [4.78, 5) is 4.26. The Morgan fingerprint density at radius 1 is 1.40 bits per heavy atom. The average Bonchev–Trinajstić information content (AvgIpc) is 2.27. The molecule has 0 spiro atoms. The van der Waals surface area contributed by atoms with Crippen molar-refractivity contribution in [3.8, 4) is 5.75 Å². The first-order valence-electron chi connectivity index (χ1n) is 4.83. The smallest absolute Gasteiger partial charge is 0.137 e. The SMILES string of the molecule is COc1cnc2cccc(C(C)O)c2c1. The number of aromatic nitrogens is 1. The summed E-state index contributed by atoms with van der Waals surface area (Å²) in [5.41, 5.74) is 1.74. The molecule has 0 amide bonds. The first-order valence-corrected chi connectivity index (χ1v) is 4.83. The number of ether oxygens (including phenoxy) is 1. The molecular formula is C12H13NO2. The second kappa shape index (κ2) is 3.87. The molecule has 78 valence electrons.